The van der Waals surface area contributed by atoms with Crippen molar-refractivity contribution in [3.63, 3.8) is 0 Å². The van der Waals surface area contributed by atoms with Gasteiger partial charge in [-0.05, 0) is 23.6 Å². The van der Waals surface area contributed by atoms with Crippen LogP contribution < -0.4 is 0 Å². The minimum absolute atomic E-state index is 0.545. The first kappa shape index (κ1) is 17.6. The molecule has 0 saturated carbocycles. The van der Waals surface area contributed by atoms with Crippen molar-refractivity contribution in [3.05, 3.63) is 41.2 Å². The predicted molar refractivity (Wildman–Crippen MR) is 77.5 cm³/mol. The number of hydrogen-bond donors (Lipinski definition) is 6. The molecule has 6 heteroatoms. The second-order valence-electron chi connectivity index (χ2n) is 4.84. The lowest BCUT2D eigenvalue weighted by atomic mass is 10.0. The molecule has 0 heterocycles. The highest BCUT2D eigenvalue weighted by molar-refractivity contribution is 5.52. The summed E-state index contributed by atoms with van der Waals surface area (Å²) in [5.41, 5.74) is 1.74. The maximum absolute atomic E-state index is 9.77. The van der Waals surface area contributed by atoms with E-state index in [1.165, 1.54) is 6.08 Å². The van der Waals surface area contributed by atoms with Crippen molar-refractivity contribution in [2.45, 2.75) is 37.8 Å². The molecule has 0 spiro atoms. The van der Waals surface area contributed by atoms with Gasteiger partial charge in [-0.2, -0.15) is 0 Å². The standard InChI is InChI=1S/C15H22O6/c1-2-9-3-5-10(6-4-9)7-11(17)13(19)15(21)14(20)12(18)8-16/h3-7,12-21H,2,8H2,1H3/b11-7-/t12-,13-,14+,15-/m0/s1. The number of benzene rings is 1. The highest BCUT2D eigenvalue weighted by Gasteiger charge is 2.32. The van der Waals surface area contributed by atoms with Crippen LogP contribution in [0.25, 0.3) is 6.08 Å². The highest BCUT2D eigenvalue weighted by atomic mass is 16.4. The van der Waals surface area contributed by atoms with Crippen molar-refractivity contribution >= 4 is 6.08 Å². The molecule has 0 aliphatic carbocycles. The zero-order valence-electron chi connectivity index (χ0n) is 11.8. The van der Waals surface area contributed by atoms with Gasteiger partial charge in [0.1, 0.15) is 30.2 Å². The van der Waals surface area contributed by atoms with Crippen LogP contribution in [-0.4, -0.2) is 61.7 Å². The lowest BCUT2D eigenvalue weighted by Gasteiger charge is -2.25. The average molecular weight is 298 g/mol. The van der Waals surface area contributed by atoms with Gasteiger partial charge in [0.25, 0.3) is 0 Å². The van der Waals surface area contributed by atoms with Crippen LogP contribution in [0, 0.1) is 0 Å². The normalized spacial score (nSPS) is 18.1. The summed E-state index contributed by atoms with van der Waals surface area (Å²) < 4.78 is 0. The first-order chi connectivity index (χ1) is 9.90. The Labute approximate surface area is 123 Å². The van der Waals surface area contributed by atoms with E-state index in [1.807, 2.05) is 19.1 Å². The van der Waals surface area contributed by atoms with Gasteiger partial charge < -0.3 is 30.6 Å². The van der Waals surface area contributed by atoms with Gasteiger partial charge in [-0.1, -0.05) is 31.2 Å². The van der Waals surface area contributed by atoms with Crippen molar-refractivity contribution in [2.75, 3.05) is 6.61 Å². The lowest BCUT2D eigenvalue weighted by Crippen LogP contribution is -2.46. The molecule has 0 aliphatic heterocycles. The average Bonchev–Trinajstić information content (AvgIpc) is 2.52. The Balaban J connectivity index is 2.80. The smallest absolute Gasteiger partial charge is 0.139 e. The van der Waals surface area contributed by atoms with Crippen LogP contribution in [0.15, 0.2) is 30.0 Å². The summed E-state index contributed by atoms with van der Waals surface area (Å²) in [6, 6.07) is 7.22. The zero-order chi connectivity index (χ0) is 16.0. The van der Waals surface area contributed by atoms with Gasteiger partial charge in [0, 0.05) is 0 Å². The minimum atomic E-state index is -1.82. The summed E-state index contributed by atoms with van der Waals surface area (Å²) in [6.45, 7) is 1.24. The van der Waals surface area contributed by atoms with Crippen molar-refractivity contribution in [3.8, 4) is 0 Å². The Hall–Kier alpha value is -1.44. The summed E-state index contributed by atoms with van der Waals surface area (Å²) in [5.74, 6) is -0.545. The third kappa shape index (κ3) is 4.80. The molecule has 1 rings (SSSR count). The zero-order valence-corrected chi connectivity index (χ0v) is 11.8. The number of aryl methyl sites for hydroxylation is 1. The van der Waals surface area contributed by atoms with E-state index < -0.39 is 36.8 Å². The van der Waals surface area contributed by atoms with E-state index in [4.69, 9.17) is 5.11 Å². The molecule has 1 aromatic rings. The number of rotatable bonds is 7. The number of aliphatic hydroxyl groups excluding tert-OH is 6. The molecule has 0 bridgehead atoms. The second-order valence-corrected chi connectivity index (χ2v) is 4.84. The van der Waals surface area contributed by atoms with Crippen molar-refractivity contribution in [1.82, 2.24) is 0 Å². The Kier molecular flexibility index (Phi) is 6.80. The maximum Gasteiger partial charge on any atom is 0.139 e. The molecule has 0 saturated heterocycles. The van der Waals surface area contributed by atoms with E-state index >= 15 is 0 Å². The fourth-order valence-electron chi connectivity index (χ4n) is 1.80. The van der Waals surface area contributed by atoms with Gasteiger partial charge in [-0.25, -0.2) is 0 Å². The molecule has 4 atom stereocenters. The Morgan fingerprint density at radius 1 is 1.05 bits per heavy atom. The predicted octanol–water partition coefficient (Wildman–Crippen LogP) is -0.416. The lowest BCUT2D eigenvalue weighted by molar-refractivity contribution is -0.112. The van der Waals surface area contributed by atoms with Crippen LogP contribution in [0.3, 0.4) is 0 Å². The van der Waals surface area contributed by atoms with E-state index in [0.717, 1.165) is 12.0 Å². The number of hydrogen-bond acceptors (Lipinski definition) is 6. The molecule has 6 N–H and O–H groups in total. The van der Waals surface area contributed by atoms with E-state index in [2.05, 4.69) is 0 Å². The highest BCUT2D eigenvalue weighted by Crippen LogP contribution is 2.15. The Bertz CT molecular complexity index is 456. The Morgan fingerprint density at radius 3 is 2.10 bits per heavy atom. The summed E-state index contributed by atoms with van der Waals surface area (Å²) in [4.78, 5) is 0. The van der Waals surface area contributed by atoms with Gasteiger partial charge in [0.2, 0.25) is 0 Å². The summed E-state index contributed by atoms with van der Waals surface area (Å²) in [5, 5.41) is 56.5. The minimum Gasteiger partial charge on any atom is -0.509 e. The topological polar surface area (TPSA) is 121 Å². The SMILES string of the molecule is CCc1ccc(/C=C(\O)[C@H](O)[C@H](O)[C@H](O)[C@@H](O)CO)cc1. The molecule has 1 aromatic carbocycles. The van der Waals surface area contributed by atoms with E-state index in [9.17, 15) is 25.5 Å². The molecule has 0 amide bonds. The van der Waals surface area contributed by atoms with E-state index in [1.54, 1.807) is 12.1 Å². The van der Waals surface area contributed by atoms with Crippen LogP contribution in [-0.2, 0) is 6.42 Å². The largest absolute Gasteiger partial charge is 0.509 e. The van der Waals surface area contributed by atoms with Crippen LogP contribution in [0.1, 0.15) is 18.1 Å². The first-order valence-electron chi connectivity index (χ1n) is 6.73. The molecule has 0 aromatic heterocycles. The van der Waals surface area contributed by atoms with E-state index in [0.29, 0.717) is 5.56 Å². The second kappa shape index (κ2) is 8.11. The molecular weight excluding hydrogens is 276 g/mol. The van der Waals surface area contributed by atoms with Crippen molar-refractivity contribution in [2.24, 2.45) is 0 Å². The third-order valence-electron chi connectivity index (χ3n) is 3.26. The molecule has 0 aliphatic rings. The van der Waals surface area contributed by atoms with Crippen LogP contribution in [0.4, 0.5) is 0 Å². The fraction of sp³-hybridized carbons (Fsp3) is 0.467. The van der Waals surface area contributed by atoms with Crippen molar-refractivity contribution in [1.29, 1.82) is 0 Å². The number of aliphatic hydroxyl groups is 6. The third-order valence-corrected chi connectivity index (χ3v) is 3.26. The molecule has 6 nitrogen and oxygen atoms in total. The van der Waals surface area contributed by atoms with Gasteiger partial charge in [0.05, 0.1) is 6.61 Å². The van der Waals surface area contributed by atoms with E-state index in [-0.39, 0.29) is 0 Å². The van der Waals surface area contributed by atoms with Gasteiger partial charge in [0.15, 0.2) is 0 Å². The van der Waals surface area contributed by atoms with Crippen molar-refractivity contribution < 1.29 is 30.6 Å². The Morgan fingerprint density at radius 2 is 1.62 bits per heavy atom. The van der Waals surface area contributed by atoms with Gasteiger partial charge in [-0.15, -0.1) is 0 Å². The molecule has 0 radical (unpaired) electrons. The van der Waals surface area contributed by atoms with Crippen LogP contribution in [0.5, 0.6) is 0 Å². The summed E-state index contributed by atoms with van der Waals surface area (Å²) in [6.07, 6.45) is -4.84. The maximum atomic E-state index is 9.77. The van der Waals surface area contributed by atoms with Crippen LogP contribution >= 0.6 is 0 Å². The van der Waals surface area contributed by atoms with Gasteiger partial charge >= 0.3 is 0 Å². The van der Waals surface area contributed by atoms with Crippen LogP contribution in [0.2, 0.25) is 0 Å². The van der Waals surface area contributed by atoms with Gasteiger partial charge in [-0.3, -0.25) is 0 Å². The molecule has 118 valence electrons. The molecule has 0 unspecified atom stereocenters. The monoisotopic (exact) mass is 298 g/mol. The summed E-state index contributed by atoms with van der Waals surface area (Å²) in [7, 11) is 0. The summed E-state index contributed by atoms with van der Waals surface area (Å²) >= 11 is 0. The molecule has 0 fully saturated rings. The molecule has 21 heavy (non-hydrogen) atoms. The molecular formula is C15H22O6. The fourth-order valence-corrected chi connectivity index (χ4v) is 1.80. The quantitative estimate of drug-likeness (QED) is 0.380. The first-order valence-corrected chi connectivity index (χ1v) is 6.73.